The molecule has 3 aromatic rings. The normalized spacial score (nSPS) is 22.9. The van der Waals surface area contributed by atoms with Crippen molar-refractivity contribution in [1.82, 2.24) is 0 Å². The molecule has 7 heteroatoms. The standard InChI is InChI=1S/C38H48FNO5/c1-37(2,3)45-28-13-15-30-26(20-28)12-14-29(25-10-8-7-9-11-25)35(30)31-21-32(39)33(22-34(31)41-4)40-18-16-38(17-19-40)23-27(24-44-38)36(42-5)43-6/h7-11,13,15,20-22,27,29,35-36H,12,14,16-19,23-24H2,1-6H3/t27-,29+,35-/m0/s1. The van der Waals surface area contributed by atoms with Gasteiger partial charge in [0.1, 0.15) is 22.9 Å². The van der Waals surface area contributed by atoms with E-state index >= 15 is 4.39 Å². The fourth-order valence-corrected chi connectivity index (χ4v) is 7.92. The lowest BCUT2D eigenvalue weighted by atomic mass is 9.69. The summed E-state index contributed by atoms with van der Waals surface area (Å²) in [7, 11) is 5.05. The minimum absolute atomic E-state index is 0.0544. The van der Waals surface area contributed by atoms with E-state index in [1.807, 2.05) is 12.1 Å². The number of hydrogen-bond acceptors (Lipinski definition) is 6. The number of methoxy groups -OCH3 is 3. The third-order valence-corrected chi connectivity index (χ3v) is 9.97. The first kappa shape index (κ1) is 31.8. The Morgan fingerprint density at radius 1 is 0.933 bits per heavy atom. The van der Waals surface area contributed by atoms with Crippen LogP contribution in [0, 0.1) is 11.7 Å². The maximum absolute atomic E-state index is 16.3. The van der Waals surface area contributed by atoms with Crippen LogP contribution >= 0.6 is 0 Å². The number of fused-ring (bicyclic) bond motifs is 1. The third kappa shape index (κ3) is 6.58. The SMILES string of the molecule is COc1cc(N2CCC3(CC2)C[C@H](C(OC)OC)CO3)c(F)cc1[C@@H]1c2ccc(OC(C)(C)C)cc2CC[C@@H]1c1ccccc1. The molecule has 1 aliphatic carbocycles. The lowest BCUT2D eigenvalue weighted by molar-refractivity contribution is -0.136. The molecule has 0 amide bonds. The van der Waals surface area contributed by atoms with Crippen molar-refractivity contribution in [3.05, 3.63) is 88.7 Å². The van der Waals surface area contributed by atoms with Gasteiger partial charge in [0.25, 0.3) is 0 Å². The molecular weight excluding hydrogens is 569 g/mol. The predicted octanol–water partition coefficient (Wildman–Crippen LogP) is 7.87. The van der Waals surface area contributed by atoms with Gasteiger partial charge in [-0.05, 0) is 93.7 Å². The Hall–Kier alpha value is -3.13. The van der Waals surface area contributed by atoms with Gasteiger partial charge < -0.3 is 28.6 Å². The Bertz CT molecular complexity index is 1460. The van der Waals surface area contributed by atoms with E-state index < -0.39 is 0 Å². The van der Waals surface area contributed by atoms with Crippen LogP contribution in [0.2, 0.25) is 0 Å². The first-order valence-corrected chi connectivity index (χ1v) is 16.3. The Morgan fingerprint density at radius 3 is 2.33 bits per heavy atom. The quantitative estimate of drug-likeness (QED) is 0.240. The fraction of sp³-hybridized carbons (Fsp3) is 0.526. The molecule has 0 radical (unpaired) electrons. The van der Waals surface area contributed by atoms with Gasteiger partial charge in [-0.2, -0.15) is 0 Å². The van der Waals surface area contributed by atoms with Crippen molar-refractivity contribution in [2.24, 2.45) is 5.92 Å². The van der Waals surface area contributed by atoms with Crippen LogP contribution in [0.5, 0.6) is 11.5 Å². The zero-order chi connectivity index (χ0) is 31.8. The van der Waals surface area contributed by atoms with Gasteiger partial charge in [0.15, 0.2) is 6.29 Å². The monoisotopic (exact) mass is 617 g/mol. The van der Waals surface area contributed by atoms with E-state index in [0.717, 1.165) is 49.2 Å². The molecule has 3 atom stereocenters. The summed E-state index contributed by atoms with van der Waals surface area (Å²) < 4.78 is 46.0. The van der Waals surface area contributed by atoms with Gasteiger partial charge >= 0.3 is 0 Å². The molecule has 3 aromatic carbocycles. The number of rotatable bonds is 8. The predicted molar refractivity (Wildman–Crippen MR) is 175 cm³/mol. The average molecular weight is 618 g/mol. The molecule has 6 nitrogen and oxygen atoms in total. The molecular formula is C38H48FNO5. The number of aryl methyl sites for hydroxylation is 1. The molecule has 45 heavy (non-hydrogen) atoms. The zero-order valence-corrected chi connectivity index (χ0v) is 27.6. The minimum atomic E-state index is -0.285. The van der Waals surface area contributed by atoms with Crippen LogP contribution in [-0.4, -0.2) is 58.5 Å². The number of ether oxygens (including phenoxy) is 5. The molecule has 2 heterocycles. The number of halogens is 1. The van der Waals surface area contributed by atoms with Crippen molar-refractivity contribution in [3.63, 3.8) is 0 Å². The highest BCUT2D eigenvalue weighted by atomic mass is 19.1. The summed E-state index contributed by atoms with van der Waals surface area (Å²) in [5.74, 6) is 1.72. The topological polar surface area (TPSA) is 49.4 Å². The number of hydrogen-bond donors (Lipinski definition) is 0. The van der Waals surface area contributed by atoms with Gasteiger partial charge in [0.05, 0.1) is 25.0 Å². The molecule has 0 saturated carbocycles. The maximum Gasteiger partial charge on any atom is 0.161 e. The van der Waals surface area contributed by atoms with Gasteiger partial charge in [-0.1, -0.05) is 36.4 Å². The second-order valence-electron chi connectivity index (χ2n) is 13.9. The van der Waals surface area contributed by atoms with Crippen LogP contribution in [0.15, 0.2) is 60.7 Å². The van der Waals surface area contributed by atoms with E-state index in [1.165, 1.54) is 16.7 Å². The van der Waals surface area contributed by atoms with Crippen molar-refractivity contribution < 1.29 is 28.1 Å². The summed E-state index contributed by atoms with van der Waals surface area (Å²) in [5.41, 5.74) is 4.71. The van der Waals surface area contributed by atoms with Crippen LogP contribution < -0.4 is 14.4 Å². The Labute approximate surface area is 267 Å². The molecule has 0 aromatic heterocycles. The van der Waals surface area contributed by atoms with Crippen LogP contribution in [0.4, 0.5) is 10.1 Å². The smallest absolute Gasteiger partial charge is 0.161 e. The second kappa shape index (κ2) is 12.9. The van der Waals surface area contributed by atoms with E-state index in [4.69, 9.17) is 23.7 Å². The molecule has 2 aliphatic heterocycles. The molecule has 242 valence electrons. The highest BCUT2D eigenvalue weighted by molar-refractivity contribution is 5.59. The lowest BCUT2D eigenvalue weighted by Gasteiger charge is -2.40. The first-order valence-electron chi connectivity index (χ1n) is 16.3. The van der Waals surface area contributed by atoms with Gasteiger partial charge in [0.2, 0.25) is 0 Å². The van der Waals surface area contributed by atoms with Gasteiger partial charge in [-0.3, -0.25) is 0 Å². The van der Waals surface area contributed by atoms with Crippen LogP contribution in [0.25, 0.3) is 0 Å². The molecule has 2 fully saturated rings. The molecule has 6 rings (SSSR count). The molecule has 1 spiro atoms. The Morgan fingerprint density at radius 2 is 1.67 bits per heavy atom. The highest BCUT2D eigenvalue weighted by Crippen LogP contribution is 2.51. The van der Waals surface area contributed by atoms with E-state index in [-0.39, 0.29) is 41.1 Å². The summed E-state index contributed by atoms with van der Waals surface area (Å²) in [6, 6.07) is 20.7. The van der Waals surface area contributed by atoms with Crippen molar-refractivity contribution >= 4 is 5.69 Å². The number of nitrogens with zero attached hydrogens (tertiary/aromatic N) is 1. The average Bonchev–Trinajstić information content (AvgIpc) is 3.44. The maximum atomic E-state index is 16.3. The number of piperidine rings is 1. The minimum Gasteiger partial charge on any atom is -0.496 e. The van der Waals surface area contributed by atoms with Gasteiger partial charge in [0, 0.05) is 50.8 Å². The second-order valence-corrected chi connectivity index (χ2v) is 13.9. The molecule has 0 N–H and O–H groups in total. The summed E-state index contributed by atoms with van der Waals surface area (Å²) >= 11 is 0. The Kier molecular flexibility index (Phi) is 9.15. The number of benzene rings is 3. The molecule has 0 unspecified atom stereocenters. The molecule has 2 saturated heterocycles. The van der Waals surface area contributed by atoms with E-state index in [9.17, 15) is 0 Å². The summed E-state index contributed by atoms with van der Waals surface area (Å²) in [6.07, 6.45) is 4.18. The summed E-state index contributed by atoms with van der Waals surface area (Å²) in [5, 5.41) is 0. The Balaban J connectivity index is 1.30. The molecule has 0 bridgehead atoms. The summed E-state index contributed by atoms with van der Waals surface area (Å²) in [6.45, 7) is 8.24. The molecule has 3 aliphatic rings. The van der Waals surface area contributed by atoms with Gasteiger partial charge in [-0.15, -0.1) is 0 Å². The van der Waals surface area contributed by atoms with Gasteiger partial charge in [-0.25, -0.2) is 4.39 Å². The van der Waals surface area contributed by atoms with Crippen LogP contribution in [0.3, 0.4) is 0 Å². The summed E-state index contributed by atoms with van der Waals surface area (Å²) in [4.78, 5) is 2.15. The largest absolute Gasteiger partial charge is 0.496 e. The van der Waals surface area contributed by atoms with Crippen LogP contribution in [-0.2, 0) is 20.6 Å². The fourth-order valence-electron chi connectivity index (χ4n) is 7.92. The lowest BCUT2D eigenvalue weighted by Crippen LogP contribution is -2.44. The van der Waals surface area contributed by atoms with E-state index in [1.54, 1.807) is 27.4 Å². The van der Waals surface area contributed by atoms with Crippen molar-refractivity contribution in [2.75, 3.05) is 45.9 Å². The van der Waals surface area contributed by atoms with Crippen molar-refractivity contribution in [1.29, 1.82) is 0 Å². The van der Waals surface area contributed by atoms with Crippen LogP contribution in [0.1, 0.15) is 80.5 Å². The van der Waals surface area contributed by atoms with Crippen molar-refractivity contribution in [2.45, 2.75) is 82.2 Å². The van der Waals surface area contributed by atoms with E-state index in [2.05, 4.69) is 68.1 Å². The number of anilines is 1. The van der Waals surface area contributed by atoms with E-state index in [0.29, 0.717) is 25.4 Å². The van der Waals surface area contributed by atoms with Crippen molar-refractivity contribution in [3.8, 4) is 11.5 Å². The third-order valence-electron chi connectivity index (χ3n) is 9.97. The first-order chi connectivity index (χ1) is 21.6. The zero-order valence-electron chi connectivity index (χ0n) is 27.6. The highest BCUT2D eigenvalue weighted by Gasteiger charge is 2.46.